The molecule has 2 aromatic rings. The molecule has 0 bridgehead atoms. The van der Waals surface area contributed by atoms with Crippen molar-refractivity contribution in [3.05, 3.63) is 28.6 Å². The molecule has 0 aliphatic rings. The number of nitrogen functional groups attached to an aromatic ring is 1. The Morgan fingerprint density at radius 1 is 1.50 bits per heavy atom. The highest BCUT2D eigenvalue weighted by molar-refractivity contribution is 9.10. The highest BCUT2D eigenvalue weighted by atomic mass is 79.9. The first-order valence-corrected chi connectivity index (χ1v) is 5.16. The topological polar surface area (TPSA) is 61.3 Å². The van der Waals surface area contributed by atoms with E-state index in [2.05, 4.69) is 21.1 Å². The zero-order valence-corrected chi connectivity index (χ0v) is 9.92. The number of nitrogens with zero attached hydrogens (tertiary/aromatic N) is 1. The monoisotopic (exact) mass is 286 g/mol. The Kier molecular flexibility index (Phi) is 2.82. The van der Waals surface area contributed by atoms with Crippen molar-refractivity contribution < 1.29 is 13.7 Å². The van der Waals surface area contributed by atoms with E-state index in [1.54, 1.807) is 6.07 Å². The quantitative estimate of drug-likeness (QED) is 0.922. The SMILES string of the molecule is COc1cc(-c2cnoc2N)cc(Br)c1F. The van der Waals surface area contributed by atoms with E-state index in [-0.39, 0.29) is 11.6 Å². The second kappa shape index (κ2) is 4.13. The average molecular weight is 287 g/mol. The predicted molar refractivity (Wildman–Crippen MR) is 60.6 cm³/mol. The molecular weight excluding hydrogens is 279 g/mol. The molecule has 4 nitrogen and oxygen atoms in total. The molecule has 84 valence electrons. The number of halogens is 2. The zero-order valence-electron chi connectivity index (χ0n) is 8.33. The third-order valence-corrected chi connectivity index (χ3v) is 2.70. The van der Waals surface area contributed by atoms with Gasteiger partial charge in [-0.3, -0.25) is 0 Å². The van der Waals surface area contributed by atoms with Gasteiger partial charge in [0.25, 0.3) is 0 Å². The van der Waals surface area contributed by atoms with Gasteiger partial charge in [0.1, 0.15) is 0 Å². The van der Waals surface area contributed by atoms with Crippen molar-refractivity contribution in [1.82, 2.24) is 5.16 Å². The van der Waals surface area contributed by atoms with Crippen molar-refractivity contribution >= 4 is 21.8 Å². The van der Waals surface area contributed by atoms with E-state index in [1.807, 2.05) is 0 Å². The summed E-state index contributed by atoms with van der Waals surface area (Å²) < 4.78 is 23.4. The highest BCUT2D eigenvalue weighted by Crippen LogP contribution is 2.34. The highest BCUT2D eigenvalue weighted by Gasteiger charge is 2.14. The van der Waals surface area contributed by atoms with E-state index in [0.717, 1.165) is 0 Å². The number of nitrogens with two attached hydrogens (primary N) is 1. The Morgan fingerprint density at radius 2 is 2.25 bits per heavy atom. The number of methoxy groups -OCH3 is 1. The number of rotatable bonds is 2. The van der Waals surface area contributed by atoms with Gasteiger partial charge in [-0.05, 0) is 33.6 Å². The molecule has 0 amide bonds. The smallest absolute Gasteiger partial charge is 0.229 e. The van der Waals surface area contributed by atoms with Gasteiger partial charge in [-0.1, -0.05) is 5.16 Å². The van der Waals surface area contributed by atoms with Crippen LogP contribution in [0.2, 0.25) is 0 Å². The molecule has 0 fully saturated rings. The Labute approximate surface area is 99.3 Å². The van der Waals surface area contributed by atoms with Gasteiger partial charge in [0, 0.05) is 0 Å². The normalized spacial score (nSPS) is 10.4. The summed E-state index contributed by atoms with van der Waals surface area (Å²) in [6.45, 7) is 0. The van der Waals surface area contributed by atoms with Crippen LogP contribution in [0.25, 0.3) is 11.1 Å². The lowest BCUT2D eigenvalue weighted by atomic mass is 10.1. The van der Waals surface area contributed by atoms with Gasteiger partial charge in [0.2, 0.25) is 5.88 Å². The summed E-state index contributed by atoms with van der Waals surface area (Å²) in [5, 5.41) is 3.56. The molecule has 0 saturated carbocycles. The number of anilines is 1. The molecule has 1 aromatic carbocycles. The minimum Gasteiger partial charge on any atom is -0.494 e. The maximum absolute atomic E-state index is 13.5. The molecule has 1 heterocycles. The fourth-order valence-electron chi connectivity index (χ4n) is 1.33. The minimum absolute atomic E-state index is 0.130. The minimum atomic E-state index is -0.457. The maximum Gasteiger partial charge on any atom is 0.229 e. The van der Waals surface area contributed by atoms with Gasteiger partial charge in [-0.25, -0.2) is 4.39 Å². The maximum atomic E-state index is 13.5. The molecule has 6 heteroatoms. The molecule has 1 aromatic heterocycles. The van der Waals surface area contributed by atoms with E-state index < -0.39 is 5.82 Å². The van der Waals surface area contributed by atoms with Gasteiger partial charge >= 0.3 is 0 Å². The van der Waals surface area contributed by atoms with Crippen LogP contribution in [0.5, 0.6) is 5.75 Å². The summed E-state index contributed by atoms with van der Waals surface area (Å²) >= 11 is 3.10. The first-order chi connectivity index (χ1) is 7.63. The van der Waals surface area contributed by atoms with Gasteiger partial charge in [-0.15, -0.1) is 0 Å². The van der Waals surface area contributed by atoms with Crippen molar-refractivity contribution in [3.63, 3.8) is 0 Å². The number of ether oxygens (including phenoxy) is 1. The number of hydrogen-bond donors (Lipinski definition) is 1. The lowest BCUT2D eigenvalue weighted by molar-refractivity contribution is 0.385. The fraction of sp³-hybridized carbons (Fsp3) is 0.100. The van der Waals surface area contributed by atoms with Crippen LogP contribution in [0.1, 0.15) is 0 Å². The van der Waals surface area contributed by atoms with E-state index in [0.29, 0.717) is 15.6 Å². The van der Waals surface area contributed by atoms with Crippen molar-refractivity contribution in [2.75, 3.05) is 12.8 Å². The van der Waals surface area contributed by atoms with Crippen LogP contribution in [-0.2, 0) is 0 Å². The van der Waals surface area contributed by atoms with Crippen molar-refractivity contribution in [2.45, 2.75) is 0 Å². The third-order valence-electron chi connectivity index (χ3n) is 2.12. The van der Waals surface area contributed by atoms with Crippen molar-refractivity contribution in [1.29, 1.82) is 0 Å². The molecule has 0 radical (unpaired) electrons. The molecule has 0 aliphatic heterocycles. The van der Waals surface area contributed by atoms with Crippen LogP contribution < -0.4 is 10.5 Å². The molecule has 0 unspecified atom stereocenters. The number of benzene rings is 1. The lowest BCUT2D eigenvalue weighted by Gasteiger charge is -2.06. The first kappa shape index (κ1) is 10.9. The summed E-state index contributed by atoms with van der Waals surface area (Å²) in [6, 6.07) is 3.11. The molecule has 0 saturated heterocycles. The van der Waals surface area contributed by atoms with Gasteiger partial charge < -0.3 is 15.0 Å². The zero-order chi connectivity index (χ0) is 11.7. The van der Waals surface area contributed by atoms with Crippen molar-refractivity contribution in [2.24, 2.45) is 0 Å². The average Bonchev–Trinajstić information content (AvgIpc) is 2.68. The van der Waals surface area contributed by atoms with Crippen LogP contribution in [0.3, 0.4) is 0 Å². The third kappa shape index (κ3) is 1.76. The molecule has 2 rings (SSSR count). The molecule has 0 aliphatic carbocycles. The Hall–Kier alpha value is -1.56. The van der Waals surface area contributed by atoms with Crippen LogP contribution in [-0.4, -0.2) is 12.3 Å². The Balaban J connectivity index is 2.59. The van der Waals surface area contributed by atoms with Gasteiger partial charge in [0.05, 0.1) is 23.3 Å². The van der Waals surface area contributed by atoms with E-state index >= 15 is 0 Å². The van der Waals surface area contributed by atoms with Crippen LogP contribution in [0.4, 0.5) is 10.3 Å². The summed E-state index contributed by atoms with van der Waals surface area (Å²) in [5.41, 5.74) is 6.84. The van der Waals surface area contributed by atoms with Gasteiger partial charge in [-0.2, -0.15) is 0 Å². The fourth-order valence-corrected chi connectivity index (χ4v) is 1.78. The standard InChI is InChI=1S/C10H8BrFN2O2/c1-15-8-3-5(2-7(11)9(8)12)6-4-14-16-10(6)13/h2-4H,13H2,1H3. The lowest BCUT2D eigenvalue weighted by Crippen LogP contribution is -1.91. The van der Waals surface area contributed by atoms with E-state index in [4.69, 9.17) is 15.0 Å². The van der Waals surface area contributed by atoms with Crippen LogP contribution in [0, 0.1) is 5.82 Å². The summed E-state index contributed by atoms with van der Waals surface area (Å²) in [6.07, 6.45) is 1.47. The largest absolute Gasteiger partial charge is 0.494 e. The molecular formula is C10H8BrFN2O2. The predicted octanol–water partition coefficient (Wildman–Crippen LogP) is 2.83. The van der Waals surface area contributed by atoms with Crippen LogP contribution >= 0.6 is 15.9 Å². The summed E-state index contributed by atoms with van der Waals surface area (Å²) in [4.78, 5) is 0. The summed E-state index contributed by atoms with van der Waals surface area (Å²) in [5.74, 6) is -0.146. The Bertz CT molecular complexity index is 528. The number of hydrogen-bond acceptors (Lipinski definition) is 4. The Morgan fingerprint density at radius 3 is 2.81 bits per heavy atom. The summed E-state index contributed by atoms with van der Waals surface area (Å²) in [7, 11) is 1.39. The molecule has 16 heavy (non-hydrogen) atoms. The molecule has 0 spiro atoms. The van der Waals surface area contributed by atoms with Crippen molar-refractivity contribution in [3.8, 4) is 16.9 Å². The second-order valence-corrected chi connectivity index (χ2v) is 3.93. The second-order valence-electron chi connectivity index (χ2n) is 3.08. The van der Waals surface area contributed by atoms with E-state index in [1.165, 1.54) is 19.4 Å². The molecule has 0 atom stereocenters. The molecule has 2 N–H and O–H groups in total. The van der Waals surface area contributed by atoms with Gasteiger partial charge in [0.15, 0.2) is 11.6 Å². The number of aromatic nitrogens is 1. The van der Waals surface area contributed by atoms with E-state index in [9.17, 15) is 4.39 Å². The van der Waals surface area contributed by atoms with Crippen LogP contribution in [0.15, 0.2) is 27.3 Å². The first-order valence-electron chi connectivity index (χ1n) is 4.37.